The highest BCUT2D eigenvalue weighted by atomic mass is 35.5. The number of para-hydroxylation sites is 1. The van der Waals surface area contributed by atoms with Crippen molar-refractivity contribution in [3.63, 3.8) is 0 Å². The minimum absolute atomic E-state index is 0. The molecule has 0 bridgehead atoms. The molecule has 0 saturated heterocycles. The first kappa shape index (κ1) is 15.6. The van der Waals surface area contributed by atoms with Crippen molar-refractivity contribution >= 4 is 33.6 Å². The molecular weight excluding hydrogens is 292 g/mol. The zero-order valence-corrected chi connectivity index (χ0v) is 11.5. The number of nitrogens with zero attached hydrogens (tertiary/aromatic N) is 1. The average molecular weight is 305 g/mol. The fourth-order valence-electron chi connectivity index (χ4n) is 1.49. The molecule has 0 aliphatic carbocycles. The maximum Gasteiger partial charge on any atom is 0.333 e. The summed E-state index contributed by atoms with van der Waals surface area (Å²) in [6.45, 7) is -0.0613. The Balaban J connectivity index is 0.00000180. The Morgan fingerprint density at radius 1 is 1.16 bits per heavy atom. The largest absolute Gasteiger partial charge is 0.489 e. The highest BCUT2D eigenvalue weighted by molar-refractivity contribution is 7.84. The number of benzene rings is 1. The van der Waals surface area contributed by atoms with Crippen LogP contribution in [0.15, 0.2) is 36.5 Å². The second-order valence-electron chi connectivity index (χ2n) is 3.49. The van der Waals surface area contributed by atoms with E-state index in [1.165, 1.54) is 0 Å². The molecule has 1 heterocycles. The van der Waals surface area contributed by atoms with E-state index < -0.39 is 10.3 Å². The van der Waals surface area contributed by atoms with Crippen LogP contribution in [0.1, 0.15) is 0 Å². The van der Waals surface area contributed by atoms with Crippen LogP contribution in [0.3, 0.4) is 0 Å². The van der Waals surface area contributed by atoms with Crippen molar-refractivity contribution in [2.24, 2.45) is 5.14 Å². The topological polar surface area (TPSA) is 91.5 Å². The number of nitrogens with two attached hydrogens (primary N) is 1. The summed E-state index contributed by atoms with van der Waals surface area (Å²) < 4.78 is 30.9. The van der Waals surface area contributed by atoms with Crippen molar-refractivity contribution in [3.05, 3.63) is 36.5 Å². The van der Waals surface area contributed by atoms with Crippen molar-refractivity contribution in [1.82, 2.24) is 4.98 Å². The van der Waals surface area contributed by atoms with Gasteiger partial charge in [-0.2, -0.15) is 8.42 Å². The molecule has 0 radical (unpaired) electrons. The number of rotatable bonds is 5. The monoisotopic (exact) mass is 304 g/mol. The van der Waals surface area contributed by atoms with E-state index in [-0.39, 0.29) is 25.6 Å². The SMILES string of the molecule is Cl.NS(=O)(=O)OCCOc1cccc2cccnc12. The molecule has 8 heteroatoms. The Kier molecular flexibility index (Phi) is 5.49. The van der Waals surface area contributed by atoms with Crippen LogP contribution in [-0.4, -0.2) is 26.6 Å². The minimum atomic E-state index is -3.92. The van der Waals surface area contributed by atoms with Gasteiger partial charge >= 0.3 is 10.3 Å². The van der Waals surface area contributed by atoms with Gasteiger partial charge in [-0.15, -0.1) is 12.4 Å². The van der Waals surface area contributed by atoms with Gasteiger partial charge in [-0.25, -0.2) is 5.14 Å². The van der Waals surface area contributed by atoms with Crippen LogP contribution in [0, 0.1) is 0 Å². The van der Waals surface area contributed by atoms with Gasteiger partial charge in [0.2, 0.25) is 0 Å². The van der Waals surface area contributed by atoms with E-state index in [1.54, 1.807) is 12.3 Å². The average Bonchev–Trinajstić information content (AvgIpc) is 2.33. The third-order valence-corrected chi connectivity index (χ3v) is 2.68. The molecule has 1 aromatic carbocycles. The van der Waals surface area contributed by atoms with Crippen molar-refractivity contribution in [1.29, 1.82) is 0 Å². The zero-order chi connectivity index (χ0) is 13.0. The number of aromatic nitrogens is 1. The van der Waals surface area contributed by atoms with Gasteiger partial charge in [0, 0.05) is 11.6 Å². The van der Waals surface area contributed by atoms with Crippen LogP contribution in [0.25, 0.3) is 10.9 Å². The molecule has 0 unspecified atom stereocenters. The van der Waals surface area contributed by atoms with E-state index in [4.69, 9.17) is 4.74 Å². The van der Waals surface area contributed by atoms with Gasteiger partial charge in [0.05, 0.1) is 0 Å². The predicted molar refractivity (Wildman–Crippen MR) is 73.5 cm³/mol. The number of fused-ring (bicyclic) bond motifs is 1. The molecule has 0 aliphatic rings. The number of hydrogen-bond donors (Lipinski definition) is 1. The van der Waals surface area contributed by atoms with Crippen molar-refractivity contribution in [2.75, 3.05) is 13.2 Å². The number of pyridine rings is 1. The Bertz CT molecular complexity index is 643. The molecule has 1 aromatic heterocycles. The molecule has 2 N–H and O–H groups in total. The molecule has 104 valence electrons. The van der Waals surface area contributed by atoms with Gasteiger partial charge in [0.1, 0.15) is 24.5 Å². The van der Waals surface area contributed by atoms with Crippen LogP contribution in [0.5, 0.6) is 5.75 Å². The van der Waals surface area contributed by atoms with E-state index in [0.717, 1.165) is 10.9 Å². The smallest absolute Gasteiger partial charge is 0.333 e. The maximum absolute atomic E-state index is 10.5. The van der Waals surface area contributed by atoms with Crippen LogP contribution in [0.2, 0.25) is 0 Å². The summed E-state index contributed by atoms with van der Waals surface area (Å²) in [4.78, 5) is 4.20. The lowest BCUT2D eigenvalue weighted by Crippen LogP contribution is -2.19. The Morgan fingerprint density at radius 3 is 2.63 bits per heavy atom. The molecule has 2 aromatic rings. The zero-order valence-electron chi connectivity index (χ0n) is 9.85. The molecule has 0 aliphatic heterocycles. The Hall–Kier alpha value is -1.41. The highest BCUT2D eigenvalue weighted by Gasteiger charge is 2.04. The van der Waals surface area contributed by atoms with Gasteiger partial charge in [-0.3, -0.25) is 9.17 Å². The fraction of sp³-hybridized carbons (Fsp3) is 0.182. The van der Waals surface area contributed by atoms with E-state index in [2.05, 4.69) is 14.3 Å². The van der Waals surface area contributed by atoms with Crippen LogP contribution >= 0.6 is 12.4 Å². The summed E-state index contributed by atoms with van der Waals surface area (Å²) in [7, 11) is -3.92. The molecule has 0 amide bonds. The quantitative estimate of drug-likeness (QED) is 0.840. The van der Waals surface area contributed by atoms with E-state index >= 15 is 0 Å². The second kappa shape index (κ2) is 6.67. The van der Waals surface area contributed by atoms with E-state index in [0.29, 0.717) is 5.75 Å². The van der Waals surface area contributed by atoms with E-state index in [1.807, 2.05) is 24.3 Å². The standard InChI is InChI=1S/C11H12N2O4S.ClH/c12-18(14,15)17-8-7-16-10-5-1-3-9-4-2-6-13-11(9)10;/h1-6H,7-8H2,(H2,12,14,15);1H. The van der Waals surface area contributed by atoms with Crippen LogP contribution in [-0.2, 0) is 14.5 Å². The first-order valence-corrected chi connectivity index (χ1v) is 6.67. The molecule has 0 saturated carbocycles. The molecule has 0 atom stereocenters. The normalized spacial score (nSPS) is 11.0. The Morgan fingerprint density at radius 2 is 1.89 bits per heavy atom. The molecule has 19 heavy (non-hydrogen) atoms. The van der Waals surface area contributed by atoms with Crippen LogP contribution in [0.4, 0.5) is 0 Å². The van der Waals surface area contributed by atoms with Gasteiger partial charge < -0.3 is 4.74 Å². The predicted octanol–water partition coefficient (Wildman–Crippen LogP) is 1.26. The van der Waals surface area contributed by atoms with E-state index in [9.17, 15) is 8.42 Å². The molecule has 6 nitrogen and oxygen atoms in total. The van der Waals surface area contributed by atoms with Gasteiger partial charge in [0.25, 0.3) is 0 Å². The summed E-state index contributed by atoms with van der Waals surface area (Å²) in [5.74, 6) is 0.575. The lowest BCUT2D eigenvalue weighted by molar-refractivity contribution is 0.222. The minimum Gasteiger partial charge on any atom is -0.489 e. The summed E-state index contributed by atoms with van der Waals surface area (Å²) in [5.41, 5.74) is 0.718. The highest BCUT2D eigenvalue weighted by Crippen LogP contribution is 2.22. The number of halogens is 1. The van der Waals surface area contributed by atoms with Gasteiger partial charge in [0.15, 0.2) is 0 Å². The van der Waals surface area contributed by atoms with Crippen molar-refractivity contribution in [2.45, 2.75) is 0 Å². The molecule has 0 spiro atoms. The summed E-state index contributed by atoms with van der Waals surface area (Å²) in [6, 6.07) is 9.24. The molecular formula is C11H13ClN2O4S. The third-order valence-electron chi connectivity index (χ3n) is 2.18. The molecule has 2 rings (SSSR count). The first-order chi connectivity index (χ1) is 8.56. The first-order valence-electron chi connectivity index (χ1n) is 5.20. The second-order valence-corrected chi connectivity index (χ2v) is 4.72. The molecule has 0 fully saturated rings. The summed E-state index contributed by atoms with van der Waals surface area (Å²) >= 11 is 0. The number of ether oxygens (including phenoxy) is 1. The fourth-order valence-corrected chi connectivity index (χ4v) is 1.79. The van der Waals surface area contributed by atoms with Gasteiger partial charge in [-0.1, -0.05) is 18.2 Å². The number of hydrogen-bond acceptors (Lipinski definition) is 5. The lowest BCUT2D eigenvalue weighted by Gasteiger charge is -2.08. The van der Waals surface area contributed by atoms with Gasteiger partial charge in [-0.05, 0) is 12.1 Å². The van der Waals surface area contributed by atoms with Crippen molar-refractivity contribution < 1.29 is 17.3 Å². The maximum atomic E-state index is 10.5. The van der Waals surface area contributed by atoms with Crippen molar-refractivity contribution in [3.8, 4) is 5.75 Å². The summed E-state index contributed by atoms with van der Waals surface area (Å²) in [5, 5.41) is 5.63. The Labute approximate surface area is 117 Å². The lowest BCUT2D eigenvalue weighted by atomic mass is 10.2. The summed E-state index contributed by atoms with van der Waals surface area (Å²) in [6.07, 6.45) is 1.66. The van der Waals surface area contributed by atoms with Crippen LogP contribution < -0.4 is 9.88 Å². The third kappa shape index (κ3) is 4.64.